The Hall–Kier alpha value is -2.41. The third kappa shape index (κ3) is 2.23. The fraction of sp³-hybridized carbons (Fsp3) is 0.267. The van der Waals surface area contributed by atoms with Crippen LogP contribution in [0.1, 0.15) is 28.9 Å². The Kier molecular flexibility index (Phi) is 3.27. The van der Waals surface area contributed by atoms with E-state index in [1.807, 2.05) is 16.8 Å². The molecule has 3 heterocycles. The van der Waals surface area contributed by atoms with Crippen molar-refractivity contribution in [3.63, 3.8) is 0 Å². The number of rotatable bonds is 3. The molecule has 0 saturated carbocycles. The number of nitrogens with one attached hydrogen (secondary N) is 1. The highest BCUT2D eigenvalue weighted by Crippen LogP contribution is 2.38. The number of fused-ring (bicyclic) bond motifs is 1. The molecule has 112 valence electrons. The second-order valence-corrected chi connectivity index (χ2v) is 6.16. The van der Waals surface area contributed by atoms with Crippen LogP contribution in [0.2, 0.25) is 0 Å². The van der Waals surface area contributed by atoms with Gasteiger partial charge in [-0.15, -0.1) is 11.3 Å². The summed E-state index contributed by atoms with van der Waals surface area (Å²) in [5, 5.41) is 17.6. The van der Waals surface area contributed by atoms with E-state index in [1.54, 1.807) is 18.4 Å². The monoisotopic (exact) mass is 313 g/mol. The summed E-state index contributed by atoms with van der Waals surface area (Å²) in [6, 6.07) is 12.7. The van der Waals surface area contributed by atoms with Crippen LogP contribution in [0.15, 0.2) is 41.8 Å². The van der Waals surface area contributed by atoms with E-state index in [-0.39, 0.29) is 12.1 Å². The number of hydrogen-bond donors (Lipinski definition) is 1. The van der Waals surface area contributed by atoms with E-state index in [0.29, 0.717) is 5.95 Å². The Morgan fingerprint density at radius 1 is 1.27 bits per heavy atom. The number of methoxy groups -OCH3 is 1. The van der Waals surface area contributed by atoms with Gasteiger partial charge >= 0.3 is 0 Å². The molecule has 0 spiro atoms. The zero-order valence-corrected chi connectivity index (χ0v) is 12.8. The van der Waals surface area contributed by atoms with E-state index in [2.05, 4.69) is 50.5 Å². The number of ether oxygens (including phenoxy) is 1. The smallest absolute Gasteiger partial charge is 0.244 e. The molecule has 1 aliphatic rings. The van der Waals surface area contributed by atoms with Gasteiger partial charge in [-0.3, -0.25) is 0 Å². The number of benzene rings is 1. The number of tetrazole rings is 1. The van der Waals surface area contributed by atoms with Crippen LogP contribution >= 0.6 is 11.3 Å². The zero-order valence-electron chi connectivity index (χ0n) is 12.0. The lowest BCUT2D eigenvalue weighted by Crippen LogP contribution is -2.27. The van der Waals surface area contributed by atoms with Crippen LogP contribution in [-0.4, -0.2) is 27.3 Å². The fourth-order valence-corrected chi connectivity index (χ4v) is 3.61. The van der Waals surface area contributed by atoms with Crippen molar-refractivity contribution in [2.24, 2.45) is 0 Å². The summed E-state index contributed by atoms with van der Waals surface area (Å²) in [6.07, 6.45) is 0.908. The van der Waals surface area contributed by atoms with Gasteiger partial charge in [0, 0.05) is 4.88 Å². The molecule has 22 heavy (non-hydrogen) atoms. The minimum Gasteiger partial charge on any atom is -0.497 e. The van der Waals surface area contributed by atoms with Crippen LogP contribution < -0.4 is 10.1 Å². The Labute approximate surface area is 131 Å². The quantitative estimate of drug-likeness (QED) is 0.805. The van der Waals surface area contributed by atoms with Gasteiger partial charge in [0.25, 0.3) is 0 Å². The average molecular weight is 313 g/mol. The Bertz CT molecular complexity index is 753. The summed E-state index contributed by atoms with van der Waals surface area (Å²) in [5.74, 6) is 1.56. The van der Waals surface area contributed by atoms with Gasteiger partial charge in [-0.2, -0.15) is 0 Å². The minimum absolute atomic E-state index is 0.115. The first-order valence-electron chi connectivity index (χ1n) is 7.07. The zero-order chi connectivity index (χ0) is 14.9. The third-order valence-electron chi connectivity index (χ3n) is 3.94. The molecule has 0 amide bonds. The Morgan fingerprint density at radius 3 is 2.86 bits per heavy atom. The second-order valence-electron chi connectivity index (χ2n) is 5.18. The van der Waals surface area contributed by atoms with E-state index in [1.165, 1.54) is 10.4 Å². The van der Waals surface area contributed by atoms with E-state index < -0.39 is 0 Å². The molecule has 3 aromatic rings. The Morgan fingerprint density at radius 2 is 2.14 bits per heavy atom. The van der Waals surface area contributed by atoms with Crippen molar-refractivity contribution >= 4 is 17.3 Å². The van der Waals surface area contributed by atoms with E-state index in [4.69, 9.17) is 4.74 Å². The van der Waals surface area contributed by atoms with Gasteiger partial charge in [0.1, 0.15) is 5.75 Å². The summed E-state index contributed by atoms with van der Waals surface area (Å²) in [4.78, 5) is 1.30. The van der Waals surface area contributed by atoms with Crippen molar-refractivity contribution in [1.82, 2.24) is 20.2 Å². The lowest BCUT2D eigenvalue weighted by molar-refractivity contribution is 0.411. The molecule has 1 aliphatic heterocycles. The number of anilines is 1. The van der Waals surface area contributed by atoms with E-state index in [9.17, 15) is 0 Å². The molecule has 7 heteroatoms. The highest BCUT2D eigenvalue weighted by atomic mass is 32.1. The van der Waals surface area contributed by atoms with Gasteiger partial charge in [-0.25, -0.2) is 4.68 Å². The average Bonchev–Trinajstić information content (AvgIpc) is 3.25. The van der Waals surface area contributed by atoms with Crippen molar-refractivity contribution in [3.05, 3.63) is 52.2 Å². The minimum atomic E-state index is 0.115. The highest BCUT2D eigenvalue weighted by Gasteiger charge is 2.30. The van der Waals surface area contributed by atoms with Crippen molar-refractivity contribution < 1.29 is 4.74 Å². The molecule has 4 rings (SSSR count). The maximum atomic E-state index is 5.23. The molecule has 6 nitrogen and oxygen atoms in total. The molecular formula is C15H15N5OS. The van der Waals surface area contributed by atoms with Gasteiger partial charge in [-0.05, 0) is 46.0 Å². The van der Waals surface area contributed by atoms with Crippen LogP contribution in [0, 0.1) is 0 Å². The summed E-state index contributed by atoms with van der Waals surface area (Å²) < 4.78 is 7.09. The molecule has 2 atom stereocenters. The number of thiophene rings is 1. The molecule has 0 fully saturated rings. The van der Waals surface area contributed by atoms with E-state index >= 15 is 0 Å². The SMILES string of the molecule is COc1ccc([C@H]2C[C@@H](c3cccs3)Nc3nnnn32)cc1. The topological polar surface area (TPSA) is 64.9 Å². The summed E-state index contributed by atoms with van der Waals surface area (Å²) in [7, 11) is 1.67. The standard InChI is InChI=1S/C15H15N5OS/c1-21-11-6-4-10(5-7-11)13-9-12(14-3-2-8-22-14)16-15-17-18-19-20(13)15/h2-8,12-13H,9H2,1H3,(H,16,17,19)/t12-,13+/m0/s1. The first kappa shape index (κ1) is 13.3. The third-order valence-corrected chi connectivity index (χ3v) is 4.92. The van der Waals surface area contributed by atoms with Crippen LogP contribution in [0.3, 0.4) is 0 Å². The molecule has 0 unspecified atom stereocenters. The van der Waals surface area contributed by atoms with Crippen LogP contribution in [0.4, 0.5) is 5.95 Å². The highest BCUT2D eigenvalue weighted by molar-refractivity contribution is 7.10. The summed E-state index contributed by atoms with van der Waals surface area (Å²) in [6.45, 7) is 0. The van der Waals surface area contributed by atoms with Crippen molar-refractivity contribution in [2.75, 3.05) is 12.4 Å². The largest absolute Gasteiger partial charge is 0.497 e. The van der Waals surface area contributed by atoms with Crippen molar-refractivity contribution in [1.29, 1.82) is 0 Å². The van der Waals surface area contributed by atoms with Crippen molar-refractivity contribution in [2.45, 2.75) is 18.5 Å². The van der Waals surface area contributed by atoms with Crippen LogP contribution in [-0.2, 0) is 0 Å². The molecule has 0 aliphatic carbocycles. The second kappa shape index (κ2) is 5.42. The molecule has 2 aromatic heterocycles. The lowest BCUT2D eigenvalue weighted by Gasteiger charge is -2.30. The molecule has 0 bridgehead atoms. The molecule has 1 N–H and O–H groups in total. The number of nitrogens with zero attached hydrogens (tertiary/aromatic N) is 4. The van der Waals surface area contributed by atoms with Gasteiger partial charge in [0.05, 0.1) is 19.2 Å². The molecule has 1 aromatic carbocycles. The molecule has 0 saturated heterocycles. The maximum Gasteiger partial charge on any atom is 0.244 e. The molecular weight excluding hydrogens is 298 g/mol. The van der Waals surface area contributed by atoms with Gasteiger partial charge in [0.2, 0.25) is 5.95 Å². The summed E-state index contributed by atoms with van der Waals surface area (Å²) in [5.41, 5.74) is 1.18. The summed E-state index contributed by atoms with van der Waals surface area (Å²) >= 11 is 1.75. The fourth-order valence-electron chi connectivity index (χ4n) is 2.82. The molecule has 0 radical (unpaired) electrons. The van der Waals surface area contributed by atoms with E-state index in [0.717, 1.165) is 12.2 Å². The number of aromatic nitrogens is 4. The number of hydrogen-bond acceptors (Lipinski definition) is 6. The normalized spacial score (nSPS) is 20.2. The van der Waals surface area contributed by atoms with Gasteiger partial charge in [0.15, 0.2) is 0 Å². The van der Waals surface area contributed by atoms with Gasteiger partial charge < -0.3 is 10.1 Å². The first-order valence-corrected chi connectivity index (χ1v) is 7.95. The van der Waals surface area contributed by atoms with Crippen LogP contribution in [0.25, 0.3) is 0 Å². The van der Waals surface area contributed by atoms with Gasteiger partial charge in [-0.1, -0.05) is 23.3 Å². The maximum absolute atomic E-state index is 5.23. The van der Waals surface area contributed by atoms with Crippen molar-refractivity contribution in [3.8, 4) is 5.75 Å². The predicted octanol–water partition coefficient (Wildman–Crippen LogP) is 2.89. The Balaban J connectivity index is 1.71. The first-order chi connectivity index (χ1) is 10.8. The predicted molar refractivity (Wildman–Crippen MR) is 84.2 cm³/mol. The lowest BCUT2D eigenvalue weighted by atomic mass is 9.97. The van der Waals surface area contributed by atoms with Crippen LogP contribution in [0.5, 0.6) is 5.75 Å².